The predicted octanol–water partition coefficient (Wildman–Crippen LogP) is 2.41. The number of amides is 1. The molecule has 1 aliphatic heterocycles. The van der Waals surface area contributed by atoms with Crippen LogP contribution in [-0.4, -0.2) is 29.2 Å². The summed E-state index contributed by atoms with van der Waals surface area (Å²) >= 11 is 1.19. The fourth-order valence-electron chi connectivity index (χ4n) is 2.25. The van der Waals surface area contributed by atoms with Gasteiger partial charge in [-0.1, -0.05) is 0 Å². The highest BCUT2D eigenvalue weighted by atomic mass is 32.1. The van der Waals surface area contributed by atoms with Crippen molar-refractivity contribution < 1.29 is 19.4 Å². The Balaban J connectivity index is 1.68. The van der Waals surface area contributed by atoms with Gasteiger partial charge in [-0.25, -0.2) is 4.79 Å². The van der Waals surface area contributed by atoms with Crippen molar-refractivity contribution in [1.29, 1.82) is 0 Å². The number of hydrogen-bond acceptors (Lipinski definition) is 4. The van der Waals surface area contributed by atoms with E-state index in [2.05, 4.69) is 12.2 Å². The Morgan fingerprint density at radius 3 is 2.85 bits per heavy atom. The SMILES string of the molecule is CC1CCC(CCC(=O)NCc2ccc(C(=O)O)s2)O1. The van der Waals surface area contributed by atoms with Gasteiger partial charge in [0.2, 0.25) is 5.91 Å². The highest BCUT2D eigenvalue weighted by molar-refractivity contribution is 7.13. The lowest BCUT2D eigenvalue weighted by atomic mass is 10.1. The van der Waals surface area contributed by atoms with E-state index in [1.165, 1.54) is 11.3 Å². The Hall–Kier alpha value is -1.40. The highest BCUT2D eigenvalue weighted by Gasteiger charge is 2.22. The number of carboxylic acids is 1. The Kier molecular flexibility index (Phi) is 5.14. The van der Waals surface area contributed by atoms with Crippen LogP contribution in [0.3, 0.4) is 0 Å². The maximum Gasteiger partial charge on any atom is 0.345 e. The summed E-state index contributed by atoms with van der Waals surface area (Å²) in [7, 11) is 0. The Morgan fingerprint density at radius 2 is 2.25 bits per heavy atom. The van der Waals surface area contributed by atoms with E-state index < -0.39 is 5.97 Å². The third kappa shape index (κ3) is 4.31. The van der Waals surface area contributed by atoms with Crippen LogP contribution in [0.15, 0.2) is 12.1 Å². The second kappa shape index (κ2) is 6.85. The number of ether oxygens (including phenoxy) is 1. The number of aromatic carboxylic acids is 1. The number of carbonyl (C=O) groups is 2. The quantitative estimate of drug-likeness (QED) is 0.845. The molecule has 0 spiro atoms. The van der Waals surface area contributed by atoms with Crippen LogP contribution in [0, 0.1) is 0 Å². The lowest BCUT2D eigenvalue weighted by molar-refractivity contribution is -0.122. The second-order valence-corrected chi connectivity index (χ2v) is 6.20. The molecule has 20 heavy (non-hydrogen) atoms. The van der Waals surface area contributed by atoms with Crippen LogP contribution in [0.4, 0.5) is 0 Å². The number of rotatable bonds is 6. The van der Waals surface area contributed by atoms with Crippen molar-refractivity contribution in [3.8, 4) is 0 Å². The summed E-state index contributed by atoms with van der Waals surface area (Å²) in [6.07, 6.45) is 3.82. The summed E-state index contributed by atoms with van der Waals surface area (Å²) in [5, 5.41) is 11.6. The van der Waals surface area contributed by atoms with Gasteiger partial charge < -0.3 is 15.2 Å². The molecule has 1 aromatic rings. The molecule has 110 valence electrons. The molecule has 0 radical (unpaired) electrons. The van der Waals surface area contributed by atoms with Crippen LogP contribution in [0.25, 0.3) is 0 Å². The van der Waals surface area contributed by atoms with E-state index in [-0.39, 0.29) is 12.0 Å². The number of hydrogen-bond donors (Lipinski definition) is 2. The molecule has 2 heterocycles. The average Bonchev–Trinajstić information content (AvgIpc) is 3.03. The molecule has 0 bridgehead atoms. The minimum atomic E-state index is -0.930. The number of nitrogens with one attached hydrogen (secondary N) is 1. The predicted molar refractivity (Wildman–Crippen MR) is 75.9 cm³/mol. The normalized spacial score (nSPS) is 21.9. The summed E-state index contributed by atoms with van der Waals surface area (Å²) in [4.78, 5) is 23.6. The van der Waals surface area contributed by atoms with Crippen LogP contribution in [-0.2, 0) is 16.1 Å². The molecule has 1 saturated heterocycles. The van der Waals surface area contributed by atoms with E-state index in [4.69, 9.17) is 9.84 Å². The van der Waals surface area contributed by atoms with Crippen LogP contribution in [0.1, 0.15) is 47.2 Å². The van der Waals surface area contributed by atoms with Gasteiger partial charge in [0.15, 0.2) is 0 Å². The largest absolute Gasteiger partial charge is 0.477 e. The van der Waals surface area contributed by atoms with Crippen molar-refractivity contribution in [2.24, 2.45) is 0 Å². The first-order valence-electron chi connectivity index (χ1n) is 6.78. The zero-order valence-electron chi connectivity index (χ0n) is 11.4. The van der Waals surface area contributed by atoms with E-state index >= 15 is 0 Å². The number of carbonyl (C=O) groups excluding carboxylic acids is 1. The van der Waals surface area contributed by atoms with Crippen LogP contribution in [0.2, 0.25) is 0 Å². The Bertz CT molecular complexity index is 485. The van der Waals surface area contributed by atoms with Gasteiger partial charge in [-0.2, -0.15) is 0 Å². The first-order valence-corrected chi connectivity index (χ1v) is 7.60. The third-order valence-electron chi connectivity index (χ3n) is 3.35. The zero-order valence-corrected chi connectivity index (χ0v) is 12.2. The zero-order chi connectivity index (χ0) is 14.5. The number of thiophene rings is 1. The van der Waals surface area contributed by atoms with Crippen molar-refractivity contribution in [2.45, 2.75) is 51.4 Å². The van der Waals surface area contributed by atoms with Gasteiger partial charge in [0.05, 0.1) is 18.8 Å². The first-order chi connectivity index (χ1) is 9.54. The monoisotopic (exact) mass is 297 g/mol. The molecular weight excluding hydrogens is 278 g/mol. The van der Waals surface area contributed by atoms with Crippen LogP contribution in [0.5, 0.6) is 0 Å². The van der Waals surface area contributed by atoms with Gasteiger partial charge in [0, 0.05) is 11.3 Å². The van der Waals surface area contributed by atoms with Gasteiger partial charge in [0.25, 0.3) is 0 Å². The maximum absolute atomic E-state index is 11.7. The average molecular weight is 297 g/mol. The maximum atomic E-state index is 11.7. The van der Waals surface area contributed by atoms with Crippen molar-refractivity contribution in [3.63, 3.8) is 0 Å². The fraction of sp³-hybridized carbons (Fsp3) is 0.571. The molecule has 5 nitrogen and oxygen atoms in total. The highest BCUT2D eigenvalue weighted by Crippen LogP contribution is 2.22. The molecule has 2 atom stereocenters. The molecule has 2 rings (SSSR count). The van der Waals surface area contributed by atoms with Crippen LogP contribution < -0.4 is 5.32 Å². The third-order valence-corrected chi connectivity index (χ3v) is 4.42. The van der Waals surface area contributed by atoms with E-state index in [0.29, 0.717) is 23.9 Å². The van der Waals surface area contributed by atoms with E-state index in [9.17, 15) is 9.59 Å². The molecule has 6 heteroatoms. The summed E-state index contributed by atoms with van der Waals surface area (Å²) in [5.41, 5.74) is 0. The first kappa shape index (κ1) is 15.0. The Labute approximate surface area is 121 Å². The Morgan fingerprint density at radius 1 is 1.45 bits per heavy atom. The summed E-state index contributed by atoms with van der Waals surface area (Å²) in [5.74, 6) is -0.946. The second-order valence-electron chi connectivity index (χ2n) is 5.03. The topological polar surface area (TPSA) is 75.6 Å². The minimum Gasteiger partial charge on any atom is -0.477 e. The molecule has 1 aromatic heterocycles. The molecule has 2 N–H and O–H groups in total. The lowest BCUT2D eigenvalue weighted by Gasteiger charge is -2.10. The standard InChI is InChI=1S/C14H19NO4S/c1-9-2-3-10(19-9)4-7-13(16)15-8-11-5-6-12(20-11)14(17)18/h5-6,9-10H,2-4,7-8H2,1H3,(H,15,16)(H,17,18). The van der Waals surface area contributed by atoms with Crippen molar-refractivity contribution >= 4 is 23.2 Å². The van der Waals surface area contributed by atoms with Gasteiger partial charge in [-0.05, 0) is 38.3 Å². The molecule has 1 fully saturated rings. The molecule has 0 saturated carbocycles. The smallest absolute Gasteiger partial charge is 0.345 e. The number of carboxylic acid groups (broad SMARTS) is 1. The summed E-state index contributed by atoms with van der Waals surface area (Å²) in [6, 6.07) is 3.29. The molecule has 0 aliphatic carbocycles. The molecule has 1 amide bonds. The van der Waals surface area contributed by atoms with E-state index in [0.717, 1.165) is 24.1 Å². The molecule has 2 unspecified atom stereocenters. The van der Waals surface area contributed by atoms with E-state index in [1.54, 1.807) is 12.1 Å². The van der Waals surface area contributed by atoms with Gasteiger partial charge in [-0.3, -0.25) is 4.79 Å². The van der Waals surface area contributed by atoms with Gasteiger partial charge in [0.1, 0.15) is 4.88 Å². The molecular formula is C14H19NO4S. The molecule has 1 aliphatic rings. The van der Waals surface area contributed by atoms with Crippen molar-refractivity contribution in [1.82, 2.24) is 5.32 Å². The summed E-state index contributed by atoms with van der Waals surface area (Å²) in [6.45, 7) is 2.44. The van der Waals surface area contributed by atoms with Gasteiger partial charge in [-0.15, -0.1) is 11.3 Å². The summed E-state index contributed by atoms with van der Waals surface area (Å²) < 4.78 is 5.66. The van der Waals surface area contributed by atoms with E-state index in [1.807, 2.05) is 0 Å². The minimum absolute atomic E-state index is 0.0153. The lowest BCUT2D eigenvalue weighted by Crippen LogP contribution is -2.23. The van der Waals surface area contributed by atoms with Gasteiger partial charge >= 0.3 is 5.97 Å². The van der Waals surface area contributed by atoms with Crippen molar-refractivity contribution in [2.75, 3.05) is 0 Å². The van der Waals surface area contributed by atoms with Crippen LogP contribution >= 0.6 is 11.3 Å². The van der Waals surface area contributed by atoms with Crippen molar-refractivity contribution in [3.05, 3.63) is 21.9 Å². The molecule has 0 aromatic carbocycles. The fourth-order valence-corrected chi connectivity index (χ4v) is 3.04.